The van der Waals surface area contributed by atoms with Crippen molar-refractivity contribution in [3.8, 4) is 11.1 Å². The van der Waals surface area contributed by atoms with E-state index in [0.29, 0.717) is 41.6 Å². The summed E-state index contributed by atoms with van der Waals surface area (Å²) in [7, 11) is 3.43. The third kappa shape index (κ3) is 4.63. The van der Waals surface area contributed by atoms with Crippen LogP contribution in [0.5, 0.6) is 0 Å². The molecule has 1 amide bonds. The van der Waals surface area contributed by atoms with Gasteiger partial charge in [-0.05, 0) is 17.7 Å². The van der Waals surface area contributed by atoms with Crippen LogP contribution in [0.2, 0.25) is 0 Å². The highest BCUT2D eigenvalue weighted by Gasteiger charge is 2.19. The molecule has 3 heterocycles. The molecule has 0 atom stereocenters. The monoisotopic (exact) mass is 452 g/mol. The fourth-order valence-corrected chi connectivity index (χ4v) is 4.30. The van der Waals surface area contributed by atoms with Crippen molar-refractivity contribution >= 4 is 28.7 Å². The van der Waals surface area contributed by atoms with E-state index in [1.165, 1.54) is 11.8 Å². The van der Waals surface area contributed by atoms with Crippen molar-refractivity contribution in [2.75, 3.05) is 19.5 Å². The Bertz CT molecular complexity index is 1260. The predicted molar refractivity (Wildman–Crippen MR) is 124 cm³/mol. The van der Waals surface area contributed by atoms with E-state index in [4.69, 9.17) is 14.1 Å². The van der Waals surface area contributed by atoms with Gasteiger partial charge in [0.25, 0.3) is 5.56 Å². The summed E-state index contributed by atoms with van der Waals surface area (Å²) in [5, 5.41) is 3.30. The van der Waals surface area contributed by atoms with Gasteiger partial charge in [-0.2, -0.15) is 0 Å². The lowest BCUT2D eigenvalue weighted by Crippen LogP contribution is -2.28. The highest BCUT2D eigenvalue weighted by atomic mass is 32.2. The number of fused-ring (bicyclic) bond motifs is 1. The van der Waals surface area contributed by atoms with Crippen LogP contribution in [-0.4, -0.2) is 39.5 Å². The highest BCUT2D eigenvalue weighted by Crippen LogP contribution is 2.29. The summed E-state index contributed by atoms with van der Waals surface area (Å²) >= 11 is 1.23. The van der Waals surface area contributed by atoms with Crippen molar-refractivity contribution in [2.24, 2.45) is 7.05 Å². The van der Waals surface area contributed by atoms with E-state index in [-0.39, 0.29) is 17.2 Å². The lowest BCUT2D eigenvalue weighted by molar-refractivity contribution is -0.118. The van der Waals surface area contributed by atoms with Crippen molar-refractivity contribution < 1.29 is 13.9 Å². The molecule has 8 nitrogen and oxygen atoms in total. The molecule has 0 fully saturated rings. The van der Waals surface area contributed by atoms with Gasteiger partial charge in [-0.15, -0.1) is 0 Å². The molecule has 0 aliphatic heterocycles. The number of thioether (sulfide) groups is 1. The number of methoxy groups -OCH3 is 1. The van der Waals surface area contributed by atoms with Gasteiger partial charge in [0.2, 0.25) is 5.91 Å². The van der Waals surface area contributed by atoms with Crippen LogP contribution in [0.1, 0.15) is 5.76 Å². The number of aromatic nitrogens is 3. The molecular formula is C23H24N4O4S. The first kappa shape index (κ1) is 21.9. The number of benzene rings is 1. The number of aryl methyl sites for hydroxylation is 1. The molecule has 0 bridgehead atoms. The second-order valence-electron chi connectivity index (χ2n) is 7.21. The van der Waals surface area contributed by atoms with Crippen molar-refractivity contribution in [3.63, 3.8) is 0 Å². The van der Waals surface area contributed by atoms with Crippen LogP contribution in [0.25, 0.3) is 22.2 Å². The van der Waals surface area contributed by atoms with E-state index in [2.05, 4.69) is 5.32 Å². The normalized spacial score (nSPS) is 11.2. The van der Waals surface area contributed by atoms with E-state index >= 15 is 0 Å². The molecule has 0 unspecified atom stereocenters. The number of carbonyl (C=O) groups excluding carboxylic acids is 1. The Kier molecular flexibility index (Phi) is 6.77. The Morgan fingerprint density at radius 3 is 2.75 bits per heavy atom. The first-order valence-electron chi connectivity index (χ1n) is 10.1. The molecule has 32 heavy (non-hydrogen) atoms. The summed E-state index contributed by atoms with van der Waals surface area (Å²) in [5.74, 6) is 0.631. The maximum absolute atomic E-state index is 13.4. The van der Waals surface area contributed by atoms with Crippen LogP contribution in [0.15, 0.2) is 69.3 Å². The quantitative estimate of drug-likeness (QED) is 0.310. The third-order valence-electron chi connectivity index (χ3n) is 5.02. The van der Waals surface area contributed by atoms with Crippen LogP contribution in [-0.2, 0) is 29.7 Å². The third-order valence-corrected chi connectivity index (χ3v) is 5.99. The zero-order valence-corrected chi connectivity index (χ0v) is 18.7. The fraction of sp³-hybridized carbons (Fsp3) is 0.261. The molecule has 0 spiro atoms. The van der Waals surface area contributed by atoms with E-state index in [9.17, 15) is 9.59 Å². The van der Waals surface area contributed by atoms with Crippen LogP contribution in [0, 0.1) is 0 Å². The number of amides is 1. The lowest BCUT2D eigenvalue weighted by atomic mass is 10.1. The molecule has 166 valence electrons. The fourth-order valence-electron chi connectivity index (χ4n) is 3.45. The molecule has 0 saturated carbocycles. The van der Waals surface area contributed by atoms with Crippen molar-refractivity contribution in [1.82, 2.24) is 19.4 Å². The van der Waals surface area contributed by atoms with E-state index in [1.807, 2.05) is 43.6 Å². The topological polar surface area (TPSA) is 91.3 Å². The minimum absolute atomic E-state index is 0.124. The molecular weight excluding hydrogens is 428 g/mol. The van der Waals surface area contributed by atoms with Gasteiger partial charge in [-0.1, -0.05) is 42.1 Å². The zero-order chi connectivity index (χ0) is 22.5. The maximum Gasteiger partial charge on any atom is 0.278 e. The number of carbonyl (C=O) groups is 1. The standard InChI is InChI=1S/C23H24N4O4S/c1-26-14-18(16-7-4-3-5-8-16)20-21(26)22(29)27(10-12-30-2)23(25-20)32-15-19(28)24-13-17-9-6-11-31-17/h3-9,11,14H,10,12-13,15H2,1-2H3,(H,24,28). The summed E-state index contributed by atoms with van der Waals surface area (Å²) in [6.45, 7) is 1.02. The number of nitrogens with one attached hydrogen (secondary N) is 1. The molecule has 9 heteroatoms. The maximum atomic E-state index is 13.4. The van der Waals surface area contributed by atoms with E-state index < -0.39 is 0 Å². The molecule has 4 aromatic rings. The molecule has 0 aliphatic carbocycles. The molecule has 1 N–H and O–H groups in total. The van der Waals surface area contributed by atoms with Crippen molar-refractivity contribution in [1.29, 1.82) is 0 Å². The molecule has 1 aromatic carbocycles. The number of ether oxygens (including phenoxy) is 1. The lowest BCUT2D eigenvalue weighted by Gasteiger charge is -2.12. The molecule has 3 aromatic heterocycles. The predicted octanol–water partition coefficient (Wildman–Crippen LogP) is 3.05. The average molecular weight is 453 g/mol. The van der Waals surface area contributed by atoms with Gasteiger partial charge in [0.1, 0.15) is 16.8 Å². The number of hydrogen-bond donors (Lipinski definition) is 1. The minimum atomic E-state index is -0.171. The minimum Gasteiger partial charge on any atom is -0.467 e. The smallest absolute Gasteiger partial charge is 0.278 e. The first-order chi connectivity index (χ1) is 15.6. The summed E-state index contributed by atoms with van der Waals surface area (Å²) in [6.07, 6.45) is 3.48. The Labute approximate surface area is 189 Å². The van der Waals surface area contributed by atoms with Gasteiger partial charge in [-0.3, -0.25) is 14.2 Å². The Morgan fingerprint density at radius 2 is 2.03 bits per heavy atom. The molecule has 0 saturated heterocycles. The van der Waals surface area contributed by atoms with Crippen molar-refractivity contribution in [3.05, 3.63) is 71.0 Å². The van der Waals surface area contributed by atoms with Crippen LogP contribution in [0.3, 0.4) is 0 Å². The van der Waals surface area contributed by atoms with Crippen molar-refractivity contribution in [2.45, 2.75) is 18.2 Å². The second-order valence-corrected chi connectivity index (χ2v) is 8.15. The number of rotatable bonds is 9. The van der Waals surface area contributed by atoms with Gasteiger partial charge in [0, 0.05) is 25.9 Å². The van der Waals surface area contributed by atoms with Gasteiger partial charge in [-0.25, -0.2) is 4.98 Å². The highest BCUT2D eigenvalue weighted by molar-refractivity contribution is 7.99. The first-order valence-corrected chi connectivity index (χ1v) is 11.1. The summed E-state index contributed by atoms with van der Waals surface area (Å²) < 4.78 is 13.8. The summed E-state index contributed by atoms with van der Waals surface area (Å²) in [4.78, 5) is 30.5. The second kappa shape index (κ2) is 9.88. The Hall–Kier alpha value is -3.30. The summed E-state index contributed by atoms with van der Waals surface area (Å²) in [6, 6.07) is 13.4. The van der Waals surface area contributed by atoms with E-state index in [1.54, 1.807) is 34.6 Å². The molecule has 0 radical (unpaired) electrons. The largest absolute Gasteiger partial charge is 0.467 e. The van der Waals surface area contributed by atoms with Gasteiger partial charge in [0.05, 0.1) is 31.7 Å². The van der Waals surface area contributed by atoms with Gasteiger partial charge in [0.15, 0.2) is 5.16 Å². The average Bonchev–Trinajstić information content (AvgIpc) is 3.44. The number of nitrogens with zero attached hydrogens (tertiary/aromatic N) is 3. The van der Waals surface area contributed by atoms with Crippen LogP contribution < -0.4 is 10.9 Å². The molecule has 4 rings (SSSR count). The Balaban J connectivity index is 1.66. The number of hydrogen-bond acceptors (Lipinski definition) is 6. The number of furan rings is 1. The molecule has 0 aliphatic rings. The van der Waals surface area contributed by atoms with Crippen LogP contribution in [0.4, 0.5) is 0 Å². The Morgan fingerprint density at radius 1 is 1.22 bits per heavy atom. The summed E-state index contributed by atoms with van der Waals surface area (Å²) in [5.41, 5.74) is 2.84. The van der Waals surface area contributed by atoms with Gasteiger partial charge < -0.3 is 19.0 Å². The van der Waals surface area contributed by atoms with Gasteiger partial charge >= 0.3 is 0 Å². The van der Waals surface area contributed by atoms with Crippen LogP contribution >= 0.6 is 11.8 Å². The SMILES string of the molecule is COCCn1c(SCC(=O)NCc2ccco2)nc2c(-c3ccccc3)cn(C)c2c1=O. The van der Waals surface area contributed by atoms with E-state index in [0.717, 1.165) is 11.1 Å². The zero-order valence-electron chi connectivity index (χ0n) is 17.9.